The number of nitrogens with zero attached hydrogens (tertiary/aromatic N) is 3. The van der Waals surface area contributed by atoms with Crippen molar-refractivity contribution in [3.63, 3.8) is 0 Å². The molecule has 1 aromatic carbocycles. The van der Waals surface area contributed by atoms with E-state index in [4.69, 9.17) is 0 Å². The van der Waals surface area contributed by atoms with Gasteiger partial charge in [-0.2, -0.15) is 0 Å². The minimum atomic E-state index is 0.0130. The van der Waals surface area contributed by atoms with Gasteiger partial charge in [-0.1, -0.05) is 24.6 Å². The van der Waals surface area contributed by atoms with Gasteiger partial charge >= 0.3 is 0 Å². The molecule has 4 rings (SSSR count). The first-order chi connectivity index (χ1) is 12.6. The lowest BCUT2D eigenvalue weighted by Gasteiger charge is -2.11. The number of allylic oxidation sites excluding steroid dienone is 1. The van der Waals surface area contributed by atoms with Gasteiger partial charge in [-0.3, -0.25) is 9.20 Å². The van der Waals surface area contributed by atoms with Gasteiger partial charge in [0.25, 0.3) is 0 Å². The van der Waals surface area contributed by atoms with Gasteiger partial charge in [0.2, 0.25) is 5.78 Å². The van der Waals surface area contributed by atoms with Crippen LogP contribution in [0.25, 0.3) is 11.0 Å². The van der Waals surface area contributed by atoms with Gasteiger partial charge in [0.05, 0.1) is 6.20 Å². The molecule has 0 amide bonds. The molecule has 2 heterocycles. The quantitative estimate of drug-likeness (QED) is 0.384. The van der Waals surface area contributed by atoms with Gasteiger partial charge in [-0.15, -0.1) is 11.3 Å². The number of imidazole rings is 1. The van der Waals surface area contributed by atoms with Gasteiger partial charge in [-0.05, 0) is 49.5 Å². The molecule has 134 valence electrons. The average Bonchev–Trinajstić information content (AvgIpc) is 3.11. The molecule has 3 aromatic rings. The summed E-state index contributed by atoms with van der Waals surface area (Å²) in [7, 11) is 4.03. The molecular weight excluding hydrogens is 342 g/mol. The monoisotopic (exact) mass is 365 g/mol. The van der Waals surface area contributed by atoms with E-state index in [0.29, 0.717) is 5.69 Å². The maximum Gasteiger partial charge on any atom is 0.204 e. The van der Waals surface area contributed by atoms with Crippen molar-refractivity contribution in [1.82, 2.24) is 9.38 Å². The summed E-state index contributed by atoms with van der Waals surface area (Å²) < 4.78 is 2.09. The van der Waals surface area contributed by atoms with Gasteiger partial charge < -0.3 is 4.90 Å². The van der Waals surface area contributed by atoms with Crippen molar-refractivity contribution in [2.75, 3.05) is 19.0 Å². The first-order valence-electron chi connectivity index (χ1n) is 9.11. The zero-order valence-electron chi connectivity index (χ0n) is 15.2. The number of aryl methyl sites for hydroxylation is 2. The molecular formula is C21H23N3OS. The zero-order chi connectivity index (χ0) is 18.1. The van der Waals surface area contributed by atoms with Crippen LogP contribution in [0.2, 0.25) is 0 Å². The molecule has 0 bridgehead atoms. The predicted molar refractivity (Wildman–Crippen MR) is 108 cm³/mol. The Labute approximate surface area is 157 Å². The normalized spacial score (nSPS) is 14.5. The molecule has 0 aliphatic heterocycles. The SMILES string of the molecule is CN(C)c1ccc(C=CC(=O)c2cnc3sc4c(n23)CCCCC4)cc1. The lowest BCUT2D eigenvalue weighted by atomic mass is 10.1. The Morgan fingerprint density at radius 1 is 1.15 bits per heavy atom. The molecule has 0 atom stereocenters. The lowest BCUT2D eigenvalue weighted by Crippen LogP contribution is -2.07. The standard InChI is InChI=1S/C21H23N3OS/c1-23(2)16-11-8-15(9-12-16)10-13-19(25)18-14-22-21-24(18)17-6-4-3-5-7-20(17)26-21/h8-14H,3-7H2,1-2H3. The number of aromatic nitrogens is 2. The van der Waals surface area contributed by atoms with Crippen LogP contribution in [-0.4, -0.2) is 29.3 Å². The number of benzene rings is 1. The Balaban J connectivity index is 1.61. The second kappa shape index (κ2) is 7.08. The van der Waals surface area contributed by atoms with E-state index >= 15 is 0 Å². The summed E-state index contributed by atoms with van der Waals surface area (Å²) in [5, 5.41) is 0. The summed E-state index contributed by atoms with van der Waals surface area (Å²) in [4.78, 5) is 21.7. The smallest absolute Gasteiger partial charge is 0.204 e. The third-order valence-electron chi connectivity index (χ3n) is 4.94. The molecule has 0 radical (unpaired) electrons. The van der Waals surface area contributed by atoms with Crippen LogP contribution in [0.5, 0.6) is 0 Å². The second-order valence-electron chi connectivity index (χ2n) is 6.98. The van der Waals surface area contributed by atoms with Crippen LogP contribution in [0.15, 0.2) is 36.5 Å². The molecule has 26 heavy (non-hydrogen) atoms. The van der Waals surface area contributed by atoms with Crippen molar-refractivity contribution in [1.29, 1.82) is 0 Å². The highest BCUT2D eigenvalue weighted by Crippen LogP contribution is 2.30. The second-order valence-corrected chi connectivity index (χ2v) is 8.04. The first-order valence-corrected chi connectivity index (χ1v) is 9.93. The topological polar surface area (TPSA) is 37.6 Å². The number of fused-ring (bicyclic) bond motifs is 3. The van der Waals surface area contributed by atoms with Crippen molar-refractivity contribution in [2.24, 2.45) is 0 Å². The van der Waals surface area contributed by atoms with Crippen LogP contribution >= 0.6 is 11.3 Å². The highest BCUT2D eigenvalue weighted by atomic mass is 32.1. The van der Waals surface area contributed by atoms with Gasteiger partial charge in [0.1, 0.15) is 5.69 Å². The molecule has 0 saturated carbocycles. The number of carbonyl (C=O) groups is 1. The van der Waals surface area contributed by atoms with Crippen molar-refractivity contribution in [2.45, 2.75) is 32.1 Å². The molecule has 0 fully saturated rings. The molecule has 2 aromatic heterocycles. The Morgan fingerprint density at radius 2 is 1.92 bits per heavy atom. The van der Waals surface area contributed by atoms with Crippen LogP contribution in [0.1, 0.15) is 45.9 Å². The number of anilines is 1. The van der Waals surface area contributed by atoms with Crippen molar-refractivity contribution < 1.29 is 4.79 Å². The predicted octanol–water partition coefficient (Wildman–Crippen LogP) is 4.63. The Morgan fingerprint density at radius 3 is 2.69 bits per heavy atom. The highest BCUT2D eigenvalue weighted by molar-refractivity contribution is 7.17. The van der Waals surface area contributed by atoms with E-state index < -0.39 is 0 Å². The van der Waals surface area contributed by atoms with E-state index in [1.807, 2.05) is 32.3 Å². The molecule has 0 N–H and O–H groups in total. The molecule has 0 saturated heterocycles. The van der Waals surface area contributed by atoms with Crippen molar-refractivity contribution in [3.8, 4) is 0 Å². The van der Waals surface area contributed by atoms with Gasteiger partial charge in [0.15, 0.2) is 4.96 Å². The van der Waals surface area contributed by atoms with E-state index in [9.17, 15) is 4.79 Å². The maximum atomic E-state index is 12.8. The fourth-order valence-corrected chi connectivity index (χ4v) is 4.66. The van der Waals surface area contributed by atoms with Crippen molar-refractivity contribution in [3.05, 3.63) is 58.4 Å². The third-order valence-corrected chi connectivity index (χ3v) is 6.10. The third kappa shape index (κ3) is 3.19. The molecule has 0 spiro atoms. The van der Waals surface area contributed by atoms with E-state index in [0.717, 1.165) is 29.1 Å². The number of thiazole rings is 1. The number of hydrogen-bond donors (Lipinski definition) is 0. The number of ketones is 1. The van der Waals surface area contributed by atoms with E-state index in [2.05, 4.69) is 26.4 Å². The summed E-state index contributed by atoms with van der Waals surface area (Å²) in [5.74, 6) is 0.0130. The van der Waals surface area contributed by atoms with Crippen LogP contribution in [0.4, 0.5) is 5.69 Å². The highest BCUT2D eigenvalue weighted by Gasteiger charge is 2.20. The summed E-state index contributed by atoms with van der Waals surface area (Å²) in [6, 6.07) is 8.17. The van der Waals surface area contributed by atoms with E-state index in [-0.39, 0.29) is 5.78 Å². The Bertz CT molecular complexity index is 963. The van der Waals surface area contributed by atoms with Gasteiger partial charge in [-0.25, -0.2) is 4.98 Å². The summed E-state index contributed by atoms with van der Waals surface area (Å²) >= 11 is 1.74. The zero-order valence-corrected chi connectivity index (χ0v) is 16.1. The minimum absolute atomic E-state index is 0.0130. The molecule has 0 unspecified atom stereocenters. The van der Waals surface area contributed by atoms with E-state index in [1.54, 1.807) is 23.6 Å². The largest absolute Gasteiger partial charge is 0.378 e. The molecule has 1 aliphatic rings. The van der Waals surface area contributed by atoms with Crippen molar-refractivity contribution >= 4 is 33.8 Å². The fraction of sp³-hybridized carbons (Fsp3) is 0.333. The molecule has 4 nitrogen and oxygen atoms in total. The Hall–Kier alpha value is -2.40. The number of carbonyl (C=O) groups excluding carboxylic acids is 1. The van der Waals surface area contributed by atoms with Crippen LogP contribution < -0.4 is 4.90 Å². The molecule has 1 aliphatic carbocycles. The fourth-order valence-electron chi connectivity index (χ4n) is 3.48. The molecule has 5 heteroatoms. The summed E-state index contributed by atoms with van der Waals surface area (Å²) in [6.07, 6.45) is 11.1. The van der Waals surface area contributed by atoms with Crippen LogP contribution in [0, 0.1) is 0 Å². The van der Waals surface area contributed by atoms with E-state index in [1.165, 1.54) is 29.8 Å². The minimum Gasteiger partial charge on any atom is -0.378 e. The summed E-state index contributed by atoms with van der Waals surface area (Å²) in [5.41, 5.74) is 4.15. The lowest BCUT2D eigenvalue weighted by molar-refractivity contribution is 0.104. The number of rotatable bonds is 4. The first kappa shape index (κ1) is 17.0. The number of hydrogen-bond acceptors (Lipinski definition) is 4. The summed E-state index contributed by atoms with van der Waals surface area (Å²) in [6.45, 7) is 0. The van der Waals surface area contributed by atoms with Crippen LogP contribution in [0.3, 0.4) is 0 Å². The van der Waals surface area contributed by atoms with Gasteiger partial charge in [0, 0.05) is 30.4 Å². The Kier molecular flexibility index (Phi) is 4.64. The average molecular weight is 366 g/mol. The van der Waals surface area contributed by atoms with Crippen LogP contribution in [-0.2, 0) is 12.8 Å². The maximum absolute atomic E-state index is 12.8.